The highest BCUT2D eigenvalue weighted by molar-refractivity contribution is 5.34. The van der Waals surface area contributed by atoms with Crippen molar-refractivity contribution < 1.29 is 13.9 Å². The Morgan fingerprint density at radius 2 is 2.28 bits per heavy atom. The molecular formula is C14H20FNO2. The summed E-state index contributed by atoms with van der Waals surface area (Å²) in [7, 11) is 0. The monoisotopic (exact) mass is 253 g/mol. The van der Waals surface area contributed by atoms with Gasteiger partial charge < -0.3 is 15.2 Å². The molecule has 1 atom stereocenters. The highest BCUT2D eigenvalue weighted by Gasteiger charge is 2.32. The Morgan fingerprint density at radius 3 is 2.89 bits per heavy atom. The second-order valence-electron chi connectivity index (χ2n) is 5.27. The van der Waals surface area contributed by atoms with Crippen LogP contribution in [0.15, 0.2) is 18.2 Å². The SMILES string of the molecule is CC1(C)CCC(COc2cccc(F)c2CN)O1. The van der Waals surface area contributed by atoms with Crippen molar-refractivity contribution in [3.8, 4) is 5.75 Å². The summed E-state index contributed by atoms with van der Waals surface area (Å²) < 4.78 is 24.9. The lowest BCUT2D eigenvalue weighted by atomic mass is 10.1. The number of nitrogens with two attached hydrogens (primary N) is 1. The molecule has 2 N–H and O–H groups in total. The van der Waals surface area contributed by atoms with Crippen LogP contribution >= 0.6 is 0 Å². The molecule has 0 spiro atoms. The van der Waals surface area contributed by atoms with Crippen molar-refractivity contribution in [2.45, 2.75) is 44.9 Å². The summed E-state index contributed by atoms with van der Waals surface area (Å²) in [6.45, 7) is 4.72. The Balaban J connectivity index is 1.97. The average molecular weight is 253 g/mol. The average Bonchev–Trinajstić information content (AvgIpc) is 2.66. The molecule has 18 heavy (non-hydrogen) atoms. The number of ether oxygens (including phenoxy) is 2. The van der Waals surface area contributed by atoms with Crippen LogP contribution in [0.4, 0.5) is 4.39 Å². The molecule has 0 saturated carbocycles. The van der Waals surface area contributed by atoms with Gasteiger partial charge in [-0.15, -0.1) is 0 Å². The van der Waals surface area contributed by atoms with Crippen LogP contribution in [0.2, 0.25) is 0 Å². The van der Waals surface area contributed by atoms with Crippen molar-refractivity contribution in [1.29, 1.82) is 0 Å². The highest BCUT2D eigenvalue weighted by atomic mass is 19.1. The van der Waals surface area contributed by atoms with Crippen LogP contribution in [-0.2, 0) is 11.3 Å². The van der Waals surface area contributed by atoms with Crippen LogP contribution in [-0.4, -0.2) is 18.3 Å². The minimum Gasteiger partial charge on any atom is -0.490 e. The summed E-state index contributed by atoms with van der Waals surface area (Å²) in [5.74, 6) is 0.202. The number of hydrogen-bond donors (Lipinski definition) is 1. The maximum atomic E-state index is 13.5. The normalized spacial score (nSPS) is 22.1. The van der Waals surface area contributed by atoms with Crippen molar-refractivity contribution >= 4 is 0 Å². The van der Waals surface area contributed by atoms with Crippen LogP contribution in [0, 0.1) is 5.82 Å². The predicted molar refractivity (Wildman–Crippen MR) is 68.0 cm³/mol. The van der Waals surface area contributed by atoms with Crippen LogP contribution < -0.4 is 10.5 Å². The first-order valence-electron chi connectivity index (χ1n) is 6.30. The molecular weight excluding hydrogens is 233 g/mol. The van der Waals surface area contributed by atoms with E-state index in [4.69, 9.17) is 15.2 Å². The van der Waals surface area contributed by atoms with Gasteiger partial charge in [0.1, 0.15) is 18.2 Å². The molecule has 1 aliphatic rings. The third kappa shape index (κ3) is 3.00. The Bertz CT molecular complexity index is 420. The molecule has 0 bridgehead atoms. The molecule has 0 radical (unpaired) electrons. The van der Waals surface area contributed by atoms with E-state index in [2.05, 4.69) is 13.8 Å². The quantitative estimate of drug-likeness (QED) is 0.897. The van der Waals surface area contributed by atoms with E-state index in [1.54, 1.807) is 12.1 Å². The summed E-state index contributed by atoms with van der Waals surface area (Å²) in [6.07, 6.45) is 2.07. The van der Waals surface area contributed by atoms with Gasteiger partial charge in [-0.05, 0) is 38.8 Å². The van der Waals surface area contributed by atoms with Crippen molar-refractivity contribution in [3.63, 3.8) is 0 Å². The predicted octanol–water partition coefficient (Wildman–Crippen LogP) is 2.62. The first-order chi connectivity index (χ1) is 8.52. The van der Waals surface area contributed by atoms with Gasteiger partial charge in [0.25, 0.3) is 0 Å². The molecule has 4 heteroatoms. The molecule has 1 aliphatic heterocycles. The fourth-order valence-electron chi connectivity index (χ4n) is 2.25. The molecule has 0 aromatic heterocycles. The van der Waals surface area contributed by atoms with Gasteiger partial charge in [-0.3, -0.25) is 0 Å². The van der Waals surface area contributed by atoms with Gasteiger partial charge in [-0.1, -0.05) is 6.07 Å². The van der Waals surface area contributed by atoms with E-state index in [0.29, 0.717) is 17.9 Å². The van der Waals surface area contributed by atoms with Crippen LogP contribution in [0.25, 0.3) is 0 Å². The zero-order chi connectivity index (χ0) is 13.2. The molecule has 0 aliphatic carbocycles. The van der Waals surface area contributed by atoms with E-state index >= 15 is 0 Å². The topological polar surface area (TPSA) is 44.5 Å². The number of hydrogen-bond acceptors (Lipinski definition) is 3. The van der Waals surface area contributed by atoms with E-state index in [-0.39, 0.29) is 24.1 Å². The smallest absolute Gasteiger partial charge is 0.131 e. The number of rotatable bonds is 4. The van der Waals surface area contributed by atoms with E-state index < -0.39 is 0 Å². The second kappa shape index (κ2) is 5.24. The standard InChI is InChI=1S/C14H20FNO2/c1-14(2)7-6-10(18-14)9-17-13-5-3-4-12(15)11(13)8-16/h3-5,10H,6-9,16H2,1-2H3. The Kier molecular flexibility index (Phi) is 3.88. The van der Waals surface area contributed by atoms with Crippen molar-refractivity contribution in [2.75, 3.05) is 6.61 Å². The number of benzene rings is 1. The van der Waals surface area contributed by atoms with Gasteiger partial charge in [-0.25, -0.2) is 4.39 Å². The van der Waals surface area contributed by atoms with E-state index in [9.17, 15) is 4.39 Å². The maximum Gasteiger partial charge on any atom is 0.131 e. The third-order valence-corrected chi connectivity index (χ3v) is 3.26. The first kappa shape index (κ1) is 13.3. The summed E-state index contributed by atoms with van der Waals surface area (Å²) >= 11 is 0. The lowest BCUT2D eigenvalue weighted by Crippen LogP contribution is -2.24. The van der Waals surface area contributed by atoms with Gasteiger partial charge in [-0.2, -0.15) is 0 Å². The molecule has 2 rings (SSSR count). The Labute approximate surface area is 107 Å². The van der Waals surface area contributed by atoms with Crippen molar-refractivity contribution in [3.05, 3.63) is 29.6 Å². The minimum atomic E-state index is -0.317. The van der Waals surface area contributed by atoms with Gasteiger partial charge >= 0.3 is 0 Å². The Hall–Kier alpha value is -1.13. The molecule has 100 valence electrons. The molecule has 1 aromatic carbocycles. The summed E-state index contributed by atoms with van der Waals surface area (Å²) in [4.78, 5) is 0. The molecule has 3 nitrogen and oxygen atoms in total. The van der Waals surface area contributed by atoms with Gasteiger partial charge in [0.2, 0.25) is 0 Å². The minimum absolute atomic E-state index is 0.0767. The second-order valence-corrected chi connectivity index (χ2v) is 5.27. The van der Waals surface area contributed by atoms with Crippen LogP contribution in [0.3, 0.4) is 0 Å². The number of halogens is 1. The van der Waals surface area contributed by atoms with Gasteiger partial charge in [0, 0.05) is 12.1 Å². The van der Waals surface area contributed by atoms with E-state index in [0.717, 1.165) is 12.8 Å². The fourth-order valence-corrected chi connectivity index (χ4v) is 2.25. The molecule has 1 aromatic rings. The lowest BCUT2D eigenvalue weighted by molar-refractivity contribution is -0.0328. The molecule has 0 amide bonds. The van der Waals surface area contributed by atoms with Gasteiger partial charge in [0.15, 0.2) is 0 Å². The maximum absolute atomic E-state index is 13.5. The highest BCUT2D eigenvalue weighted by Crippen LogP contribution is 2.30. The van der Waals surface area contributed by atoms with Gasteiger partial charge in [0.05, 0.1) is 11.7 Å². The molecule has 1 heterocycles. The summed E-state index contributed by atoms with van der Waals surface area (Å²) in [5.41, 5.74) is 5.88. The van der Waals surface area contributed by atoms with Crippen molar-refractivity contribution in [1.82, 2.24) is 0 Å². The van der Waals surface area contributed by atoms with Crippen LogP contribution in [0.1, 0.15) is 32.3 Å². The largest absolute Gasteiger partial charge is 0.490 e. The fraction of sp³-hybridized carbons (Fsp3) is 0.571. The first-order valence-corrected chi connectivity index (χ1v) is 6.30. The molecule has 1 saturated heterocycles. The molecule has 1 unspecified atom stereocenters. The molecule has 1 fully saturated rings. The zero-order valence-corrected chi connectivity index (χ0v) is 10.9. The van der Waals surface area contributed by atoms with E-state index in [1.807, 2.05) is 0 Å². The third-order valence-electron chi connectivity index (χ3n) is 3.26. The summed E-state index contributed by atoms with van der Waals surface area (Å²) in [5, 5.41) is 0. The zero-order valence-electron chi connectivity index (χ0n) is 10.9. The summed E-state index contributed by atoms with van der Waals surface area (Å²) in [6, 6.07) is 4.76. The lowest BCUT2D eigenvalue weighted by Gasteiger charge is -2.20. The van der Waals surface area contributed by atoms with Crippen LogP contribution in [0.5, 0.6) is 5.75 Å². The van der Waals surface area contributed by atoms with E-state index in [1.165, 1.54) is 6.07 Å². The van der Waals surface area contributed by atoms with Crippen molar-refractivity contribution in [2.24, 2.45) is 5.73 Å². The Morgan fingerprint density at radius 1 is 1.50 bits per heavy atom.